The minimum atomic E-state index is 0.653. The van der Waals surface area contributed by atoms with Crippen molar-refractivity contribution in [2.24, 2.45) is 0 Å². The van der Waals surface area contributed by atoms with E-state index in [1.807, 2.05) is 30.3 Å². The van der Waals surface area contributed by atoms with Crippen molar-refractivity contribution in [3.63, 3.8) is 0 Å². The molecular weight excluding hydrogens is 815 g/mol. The maximum atomic E-state index is 6.49. The minimum absolute atomic E-state index is 0.653. The number of nitrogens with zero attached hydrogens (tertiary/aromatic N) is 3. The van der Waals surface area contributed by atoms with Gasteiger partial charge in [-0.2, -0.15) is 0 Å². The summed E-state index contributed by atoms with van der Waals surface area (Å²) in [7, 11) is 0. The lowest BCUT2D eigenvalue weighted by atomic mass is 9.83. The zero-order valence-electron chi connectivity index (χ0n) is 36.4. The Kier molecular flexibility index (Phi) is 10.2. The van der Waals surface area contributed by atoms with Gasteiger partial charge in [0.25, 0.3) is 0 Å². The summed E-state index contributed by atoms with van der Waals surface area (Å²) in [4.78, 5) is 16.3. The fourth-order valence-electron chi connectivity index (χ4n) is 9.37. The first kappa shape index (κ1) is 39.6. The van der Waals surface area contributed by atoms with Crippen LogP contribution in [0.2, 0.25) is 0 Å². The second-order valence-corrected chi connectivity index (χ2v) is 16.7. The molecule has 0 saturated heterocycles. The van der Waals surface area contributed by atoms with Crippen LogP contribution < -0.4 is 0 Å². The van der Waals surface area contributed by atoms with Crippen molar-refractivity contribution in [1.29, 1.82) is 0 Å². The molecule has 0 fully saturated rings. The highest BCUT2D eigenvalue weighted by molar-refractivity contribution is 6.10. The lowest BCUT2D eigenvalue weighted by Gasteiger charge is -2.23. The Morgan fingerprint density at radius 3 is 1.25 bits per heavy atom. The van der Waals surface area contributed by atoms with Gasteiger partial charge in [0.2, 0.25) is 0 Å². The molecule has 0 spiro atoms. The maximum Gasteiger partial charge on any atom is 0.160 e. The van der Waals surface area contributed by atoms with Gasteiger partial charge in [0, 0.05) is 60.8 Å². The van der Waals surface area contributed by atoms with Crippen LogP contribution in [0.25, 0.3) is 123 Å². The predicted octanol–water partition coefficient (Wildman–Crippen LogP) is 16.8. The molecule has 0 aliphatic carbocycles. The third kappa shape index (κ3) is 7.47. The van der Waals surface area contributed by atoms with Gasteiger partial charge in [-0.25, -0.2) is 15.0 Å². The summed E-state index contributed by atoms with van der Waals surface area (Å²) in [5.41, 5.74) is 18.7. The molecule has 0 N–H and O–H groups in total. The first-order chi connectivity index (χ1) is 33.2. The number of furan rings is 1. The Labute approximate surface area is 389 Å². The van der Waals surface area contributed by atoms with E-state index in [1.165, 1.54) is 0 Å². The molecule has 0 unspecified atom stereocenters. The van der Waals surface area contributed by atoms with Crippen LogP contribution in [0.4, 0.5) is 0 Å². The van der Waals surface area contributed by atoms with Crippen molar-refractivity contribution in [2.75, 3.05) is 0 Å². The number of aromatic nitrogens is 3. The van der Waals surface area contributed by atoms with E-state index in [-0.39, 0.29) is 0 Å². The second kappa shape index (κ2) is 17.2. The Hall–Kier alpha value is -8.99. The van der Waals surface area contributed by atoms with Crippen LogP contribution in [0.1, 0.15) is 0 Å². The summed E-state index contributed by atoms with van der Waals surface area (Å²) < 4.78 is 6.49. The summed E-state index contributed by atoms with van der Waals surface area (Å²) in [5.74, 6) is 0.653. The molecule has 0 bridgehead atoms. The van der Waals surface area contributed by atoms with E-state index in [1.54, 1.807) is 0 Å². The van der Waals surface area contributed by atoms with Gasteiger partial charge in [-0.05, 0) is 46.5 Å². The molecule has 0 saturated carbocycles. The van der Waals surface area contributed by atoms with E-state index in [2.05, 4.69) is 218 Å². The minimum Gasteiger partial charge on any atom is -0.455 e. The lowest BCUT2D eigenvalue weighted by molar-refractivity contribution is 0.670. The number of fused-ring (bicyclic) bond motifs is 3. The smallest absolute Gasteiger partial charge is 0.160 e. The largest absolute Gasteiger partial charge is 0.455 e. The van der Waals surface area contributed by atoms with E-state index in [9.17, 15) is 0 Å². The molecule has 67 heavy (non-hydrogen) atoms. The Bertz CT molecular complexity index is 3620. The van der Waals surface area contributed by atoms with Crippen LogP contribution in [0.15, 0.2) is 253 Å². The van der Waals surface area contributed by atoms with Crippen LogP contribution >= 0.6 is 0 Å². The monoisotopic (exact) mass is 855 g/mol. The fourth-order valence-corrected chi connectivity index (χ4v) is 9.37. The second-order valence-electron chi connectivity index (χ2n) is 16.7. The van der Waals surface area contributed by atoms with E-state index in [0.717, 1.165) is 117 Å². The van der Waals surface area contributed by atoms with Crippen molar-refractivity contribution < 1.29 is 4.42 Å². The van der Waals surface area contributed by atoms with E-state index < -0.39 is 0 Å². The lowest BCUT2D eigenvalue weighted by Crippen LogP contribution is -2.02. The average Bonchev–Trinajstić information content (AvgIpc) is 3.80. The molecule has 9 aromatic carbocycles. The van der Waals surface area contributed by atoms with Gasteiger partial charge in [-0.3, -0.25) is 0 Å². The molecule has 12 aromatic rings. The Morgan fingerprint density at radius 2 is 0.687 bits per heavy atom. The number of hydrogen-bond donors (Lipinski definition) is 0. The highest BCUT2D eigenvalue weighted by atomic mass is 16.3. The zero-order chi connectivity index (χ0) is 44.5. The van der Waals surface area contributed by atoms with Crippen LogP contribution in [-0.2, 0) is 0 Å². The van der Waals surface area contributed by atoms with Gasteiger partial charge < -0.3 is 4.42 Å². The first-order valence-corrected chi connectivity index (χ1v) is 22.6. The Balaban J connectivity index is 1.09. The van der Waals surface area contributed by atoms with Gasteiger partial charge in [-0.15, -0.1) is 0 Å². The molecular formula is C63H41N3O. The van der Waals surface area contributed by atoms with Crippen molar-refractivity contribution in [2.45, 2.75) is 0 Å². The van der Waals surface area contributed by atoms with Crippen molar-refractivity contribution in [1.82, 2.24) is 15.0 Å². The standard InChI is InChI=1S/C63H41N3O/c1-6-21-42(22-7-1)58-57(59(43-23-8-2-9-24-43)61(45-27-12-4-13-28-45)66-60(58)44-25-10-3-11-26-44)50-34-19-33-49(40-50)55-41-54(64-63(65-55)46-29-14-5-15-30-46)48-32-18-31-47(39-48)51-36-20-37-53-52-35-16-17-38-56(52)67-62(51)53/h1-41H. The molecule has 314 valence electrons. The van der Waals surface area contributed by atoms with E-state index >= 15 is 0 Å². The summed E-state index contributed by atoms with van der Waals surface area (Å²) in [6, 6.07) is 86.8. The van der Waals surface area contributed by atoms with Gasteiger partial charge >= 0.3 is 0 Å². The molecule has 4 nitrogen and oxygen atoms in total. The molecule has 0 aliphatic rings. The predicted molar refractivity (Wildman–Crippen MR) is 276 cm³/mol. The topological polar surface area (TPSA) is 51.8 Å². The highest BCUT2D eigenvalue weighted by Gasteiger charge is 2.26. The molecule has 0 atom stereocenters. The Morgan fingerprint density at radius 1 is 0.269 bits per heavy atom. The summed E-state index contributed by atoms with van der Waals surface area (Å²) in [6.07, 6.45) is 0. The van der Waals surface area contributed by atoms with Crippen molar-refractivity contribution in [3.05, 3.63) is 249 Å². The molecule has 0 aliphatic heterocycles. The highest BCUT2D eigenvalue weighted by Crippen LogP contribution is 2.49. The normalized spacial score (nSPS) is 11.3. The van der Waals surface area contributed by atoms with Gasteiger partial charge in [0.15, 0.2) is 5.82 Å². The fraction of sp³-hybridized carbons (Fsp3) is 0. The van der Waals surface area contributed by atoms with Crippen molar-refractivity contribution >= 4 is 21.9 Å². The third-order valence-corrected chi connectivity index (χ3v) is 12.5. The molecule has 0 radical (unpaired) electrons. The number of benzene rings is 9. The maximum absolute atomic E-state index is 6.49. The summed E-state index contributed by atoms with van der Waals surface area (Å²) in [6.45, 7) is 0. The van der Waals surface area contributed by atoms with Gasteiger partial charge in [0.05, 0.1) is 22.8 Å². The quantitative estimate of drug-likeness (QED) is 0.145. The number of hydrogen-bond acceptors (Lipinski definition) is 4. The number of rotatable bonds is 9. The van der Waals surface area contributed by atoms with Crippen LogP contribution in [0.5, 0.6) is 0 Å². The van der Waals surface area contributed by atoms with E-state index in [0.29, 0.717) is 5.82 Å². The summed E-state index contributed by atoms with van der Waals surface area (Å²) >= 11 is 0. The number of pyridine rings is 1. The van der Waals surface area contributed by atoms with Crippen molar-refractivity contribution in [3.8, 4) is 101 Å². The average molecular weight is 856 g/mol. The third-order valence-electron chi connectivity index (χ3n) is 12.5. The SMILES string of the molecule is c1ccc(-c2nc(-c3cccc(-c4c(-c5ccccc5)c(-c5ccccc5)nc(-c5ccccc5)c4-c4ccccc4)c3)cc(-c3cccc(-c4cccc5c4oc4ccccc45)c3)n2)cc1. The van der Waals surface area contributed by atoms with Crippen LogP contribution in [-0.4, -0.2) is 15.0 Å². The molecule has 3 aromatic heterocycles. The zero-order valence-corrected chi connectivity index (χ0v) is 36.4. The van der Waals surface area contributed by atoms with Crippen LogP contribution in [0, 0.1) is 0 Å². The molecule has 0 amide bonds. The van der Waals surface area contributed by atoms with Gasteiger partial charge in [-0.1, -0.05) is 224 Å². The van der Waals surface area contributed by atoms with Crippen LogP contribution in [0.3, 0.4) is 0 Å². The molecule has 4 heteroatoms. The molecule has 3 heterocycles. The van der Waals surface area contributed by atoms with Gasteiger partial charge in [0.1, 0.15) is 11.2 Å². The van der Waals surface area contributed by atoms with E-state index in [4.69, 9.17) is 19.4 Å². The molecule has 12 rings (SSSR count). The first-order valence-electron chi connectivity index (χ1n) is 22.6. The number of para-hydroxylation sites is 2. The summed E-state index contributed by atoms with van der Waals surface area (Å²) in [5, 5.41) is 2.21.